The molecular formula is C15H11BrN2O. The zero-order chi connectivity index (χ0) is 13.0. The molecule has 2 aliphatic rings. The molecule has 0 fully saturated rings. The van der Waals surface area contributed by atoms with Gasteiger partial charge in [0, 0.05) is 11.0 Å². The van der Waals surface area contributed by atoms with E-state index < -0.39 is 0 Å². The second kappa shape index (κ2) is 3.84. The highest BCUT2D eigenvalue weighted by molar-refractivity contribution is 9.10. The first-order valence-electron chi connectivity index (χ1n) is 6.24. The summed E-state index contributed by atoms with van der Waals surface area (Å²) in [7, 11) is 0. The first kappa shape index (κ1) is 11.1. The molecule has 0 radical (unpaired) electrons. The molecule has 0 atom stereocenters. The number of para-hydroxylation sites is 1. The Balaban J connectivity index is 2.02. The normalized spacial score (nSPS) is 15.6. The van der Waals surface area contributed by atoms with Gasteiger partial charge in [0.1, 0.15) is 0 Å². The summed E-state index contributed by atoms with van der Waals surface area (Å²) in [4.78, 5) is 14.6. The first-order valence-corrected chi connectivity index (χ1v) is 7.04. The summed E-state index contributed by atoms with van der Waals surface area (Å²) in [6.45, 7) is 0.927. The van der Waals surface area contributed by atoms with Crippen molar-refractivity contribution in [2.75, 3.05) is 16.8 Å². The Kier molecular flexibility index (Phi) is 2.23. The van der Waals surface area contributed by atoms with Crippen LogP contribution < -0.4 is 10.2 Å². The molecule has 4 heteroatoms. The fraction of sp³-hybridized carbons (Fsp3) is 0.133. The summed E-state index contributed by atoms with van der Waals surface area (Å²) in [5.74, 6) is -0.0272. The summed E-state index contributed by atoms with van der Waals surface area (Å²) in [6, 6.07) is 12.0. The van der Waals surface area contributed by atoms with E-state index in [9.17, 15) is 4.79 Å². The van der Waals surface area contributed by atoms with Crippen LogP contribution in [0.2, 0.25) is 0 Å². The zero-order valence-electron chi connectivity index (χ0n) is 10.1. The molecule has 0 saturated heterocycles. The predicted octanol–water partition coefficient (Wildman–Crippen LogP) is 3.71. The van der Waals surface area contributed by atoms with Gasteiger partial charge in [-0.15, -0.1) is 0 Å². The molecular weight excluding hydrogens is 304 g/mol. The Labute approximate surface area is 119 Å². The van der Waals surface area contributed by atoms with Gasteiger partial charge in [-0.05, 0) is 36.2 Å². The Morgan fingerprint density at radius 2 is 2.11 bits per heavy atom. The summed E-state index contributed by atoms with van der Waals surface area (Å²) in [5.41, 5.74) is 5.02. The number of anilines is 3. The Morgan fingerprint density at radius 3 is 3.00 bits per heavy atom. The molecule has 0 unspecified atom stereocenters. The van der Waals surface area contributed by atoms with E-state index in [4.69, 9.17) is 0 Å². The van der Waals surface area contributed by atoms with Crippen molar-refractivity contribution in [1.82, 2.24) is 0 Å². The van der Waals surface area contributed by atoms with Crippen LogP contribution in [0.25, 0.3) is 0 Å². The molecule has 0 aromatic heterocycles. The van der Waals surface area contributed by atoms with Gasteiger partial charge in [0.25, 0.3) is 5.91 Å². The molecule has 2 aliphatic heterocycles. The lowest BCUT2D eigenvalue weighted by Crippen LogP contribution is -2.13. The molecule has 0 bridgehead atoms. The number of fused-ring (bicyclic) bond motifs is 2. The van der Waals surface area contributed by atoms with Crippen molar-refractivity contribution >= 4 is 38.9 Å². The molecule has 2 aromatic carbocycles. The van der Waals surface area contributed by atoms with Gasteiger partial charge in [0.2, 0.25) is 0 Å². The van der Waals surface area contributed by atoms with E-state index in [2.05, 4.69) is 38.3 Å². The van der Waals surface area contributed by atoms with E-state index in [1.807, 2.05) is 24.3 Å². The highest BCUT2D eigenvalue weighted by atomic mass is 79.9. The quantitative estimate of drug-likeness (QED) is 0.804. The van der Waals surface area contributed by atoms with Crippen LogP contribution in [0, 0.1) is 0 Å². The van der Waals surface area contributed by atoms with E-state index in [0.717, 1.165) is 40.1 Å². The summed E-state index contributed by atoms with van der Waals surface area (Å²) in [6.07, 6.45) is 0.992. The zero-order valence-corrected chi connectivity index (χ0v) is 11.7. The van der Waals surface area contributed by atoms with Crippen molar-refractivity contribution in [3.8, 4) is 0 Å². The highest BCUT2D eigenvalue weighted by Crippen LogP contribution is 2.43. The standard InChI is InChI=1S/C15H11BrN2O/c16-10-4-5-13-12(8-10)17-15(19)11-3-1-2-9-6-7-18(13)14(9)11/h1-5,8H,6-7H2,(H,17,19). The smallest absolute Gasteiger partial charge is 0.257 e. The number of carbonyl (C=O) groups excluding carboxylic acids is 1. The van der Waals surface area contributed by atoms with Gasteiger partial charge in [0.05, 0.1) is 22.6 Å². The number of halogens is 1. The van der Waals surface area contributed by atoms with Crippen LogP contribution in [0.5, 0.6) is 0 Å². The number of hydrogen-bond acceptors (Lipinski definition) is 2. The van der Waals surface area contributed by atoms with Gasteiger partial charge in [-0.25, -0.2) is 0 Å². The maximum atomic E-state index is 12.4. The summed E-state index contributed by atoms with van der Waals surface area (Å²) >= 11 is 3.46. The van der Waals surface area contributed by atoms with Gasteiger partial charge in [-0.3, -0.25) is 4.79 Å². The van der Waals surface area contributed by atoms with Crippen LogP contribution in [-0.4, -0.2) is 12.5 Å². The van der Waals surface area contributed by atoms with E-state index in [-0.39, 0.29) is 5.91 Å². The van der Waals surface area contributed by atoms with E-state index in [1.54, 1.807) is 0 Å². The molecule has 3 nitrogen and oxygen atoms in total. The van der Waals surface area contributed by atoms with Crippen molar-refractivity contribution < 1.29 is 4.79 Å². The van der Waals surface area contributed by atoms with Gasteiger partial charge >= 0.3 is 0 Å². The molecule has 0 saturated carbocycles. The Hall–Kier alpha value is -1.81. The minimum atomic E-state index is -0.0272. The predicted molar refractivity (Wildman–Crippen MR) is 79.2 cm³/mol. The third-order valence-electron chi connectivity index (χ3n) is 3.74. The average Bonchev–Trinajstić information content (AvgIpc) is 2.77. The molecule has 1 amide bonds. The molecule has 2 heterocycles. The van der Waals surface area contributed by atoms with E-state index >= 15 is 0 Å². The van der Waals surface area contributed by atoms with Crippen LogP contribution >= 0.6 is 15.9 Å². The third kappa shape index (κ3) is 1.53. The summed E-state index contributed by atoms with van der Waals surface area (Å²) < 4.78 is 0.969. The van der Waals surface area contributed by atoms with Crippen LogP contribution in [0.4, 0.5) is 17.1 Å². The lowest BCUT2D eigenvalue weighted by molar-refractivity contribution is 0.102. The number of nitrogens with one attached hydrogen (secondary N) is 1. The topological polar surface area (TPSA) is 32.3 Å². The molecule has 94 valence electrons. The highest BCUT2D eigenvalue weighted by Gasteiger charge is 2.30. The van der Waals surface area contributed by atoms with Gasteiger partial charge < -0.3 is 10.2 Å². The van der Waals surface area contributed by atoms with Gasteiger partial charge in [0.15, 0.2) is 0 Å². The van der Waals surface area contributed by atoms with Crippen LogP contribution in [0.1, 0.15) is 15.9 Å². The van der Waals surface area contributed by atoms with Gasteiger partial charge in [-0.2, -0.15) is 0 Å². The van der Waals surface area contributed by atoms with Crippen LogP contribution in [-0.2, 0) is 6.42 Å². The lowest BCUT2D eigenvalue weighted by Gasteiger charge is -2.20. The molecule has 1 N–H and O–H groups in total. The fourth-order valence-corrected chi connectivity index (χ4v) is 3.27. The molecule has 4 rings (SSSR count). The maximum Gasteiger partial charge on any atom is 0.257 e. The molecule has 0 spiro atoms. The summed E-state index contributed by atoms with van der Waals surface area (Å²) in [5, 5.41) is 3.00. The van der Waals surface area contributed by atoms with Crippen molar-refractivity contribution in [2.45, 2.75) is 6.42 Å². The minimum Gasteiger partial charge on any atom is -0.339 e. The monoisotopic (exact) mass is 314 g/mol. The number of carbonyl (C=O) groups is 1. The van der Waals surface area contributed by atoms with Crippen molar-refractivity contribution in [1.29, 1.82) is 0 Å². The number of hydrogen-bond donors (Lipinski definition) is 1. The van der Waals surface area contributed by atoms with Crippen LogP contribution in [0.3, 0.4) is 0 Å². The third-order valence-corrected chi connectivity index (χ3v) is 4.23. The largest absolute Gasteiger partial charge is 0.339 e. The average molecular weight is 315 g/mol. The number of rotatable bonds is 0. The SMILES string of the molecule is O=C1Nc2cc(Br)ccc2N2CCc3cccc1c32. The first-order chi connectivity index (χ1) is 9.24. The van der Waals surface area contributed by atoms with Crippen molar-refractivity contribution in [2.24, 2.45) is 0 Å². The van der Waals surface area contributed by atoms with Crippen molar-refractivity contribution in [3.05, 3.63) is 52.0 Å². The van der Waals surface area contributed by atoms with Crippen LogP contribution in [0.15, 0.2) is 40.9 Å². The second-order valence-electron chi connectivity index (χ2n) is 4.83. The van der Waals surface area contributed by atoms with Gasteiger partial charge in [-0.1, -0.05) is 28.1 Å². The lowest BCUT2D eigenvalue weighted by atomic mass is 10.1. The Morgan fingerprint density at radius 1 is 1.21 bits per heavy atom. The van der Waals surface area contributed by atoms with E-state index in [1.165, 1.54) is 5.56 Å². The molecule has 19 heavy (non-hydrogen) atoms. The number of benzene rings is 2. The number of amides is 1. The molecule has 0 aliphatic carbocycles. The fourth-order valence-electron chi connectivity index (χ4n) is 2.91. The second-order valence-corrected chi connectivity index (χ2v) is 5.75. The molecule has 2 aromatic rings. The van der Waals surface area contributed by atoms with E-state index in [0.29, 0.717) is 0 Å². The maximum absolute atomic E-state index is 12.4. The number of nitrogens with zero attached hydrogens (tertiary/aromatic N) is 1. The van der Waals surface area contributed by atoms with Crippen molar-refractivity contribution in [3.63, 3.8) is 0 Å². The Bertz CT molecular complexity index is 711. The minimum absolute atomic E-state index is 0.0272.